The number of aromatic nitrogens is 2. The Balaban J connectivity index is 2.11. The third-order valence-electron chi connectivity index (χ3n) is 3.26. The molecule has 0 spiro atoms. The van der Waals surface area contributed by atoms with Gasteiger partial charge in [-0.05, 0) is 17.5 Å². The van der Waals surface area contributed by atoms with Crippen molar-refractivity contribution in [1.82, 2.24) is 9.78 Å². The average Bonchev–Trinajstić information content (AvgIpc) is 2.59. The van der Waals surface area contributed by atoms with E-state index in [2.05, 4.69) is 41.8 Å². The highest BCUT2D eigenvalue weighted by atomic mass is 16.5. The number of fused-ring (bicyclic) bond motifs is 1. The Bertz CT molecular complexity index is 512. The largest absolute Gasteiger partial charge is 0.377 e. The molecule has 1 fully saturated rings. The highest BCUT2D eigenvalue weighted by molar-refractivity contribution is 5.79. The second-order valence-electron chi connectivity index (χ2n) is 4.75. The van der Waals surface area contributed by atoms with Gasteiger partial charge in [0.1, 0.15) is 0 Å². The first-order valence-corrected chi connectivity index (χ1v) is 5.80. The molecule has 2 aromatic rings. The van der Waals surface area contributed by atoms with Crippen molar-refractivity contribution in [2.24, 2.45) is 0 Å². The Morgan fingerprint density at radius 2 is 2.19 bits per heavy atom. The molecule has 0 saturated carbocycles. The Labute approximate surface area is 95.0 Å². The zero-order valence-electron chi connectivity index (χ0n) is 9.68. The minimum atomic E-state index is 0.430. The fraction of sp³-hybridized carbons (Fsp3) is 0.462. The van der Waals surface area contributed by atoms with E-state index in [1.807, 2.05) is 6.20 Å². The molecule has 2 heterocycles. The van der Waals surface area contributed by atoms with Crippen LogP contribution >= 0.6 is 0 Å². The molecule has 0 N–H and O–H groups in total. The summed E-state index contributed by atoms with van der Waals surface area (Å²) < 4.78 is 7.33. The van der Waals surface area contributed by atoms with Gasteiger partial charge in [0.05, 0.1) is 31.0 Å². The van der Waals surface area contributed by atoms with Gasteiger partial charge in [0, 0.05) is 5.39 Å². The smallest absolute Gasteiger partial charge is 0.0992 e. The lowest BCUT2D eigenvalue weighted by Crippen LogP contribution is -2.31. The van der Waals surface area contributed by atoms with Gasteiger partial charge in [0.2, 0.25) is 0 Å². The van der Waals surface area contributed by atoms with Crippen molar-refractivity contribution < 1.29 is 4.74 Å². The molecule has 3 nitrogen and oxygen atoms in total. The van der Waals surface area contributed by atoms with Crippen LogP contribution in [0, 0.1) is 0 Å². The monoisotopic (exact) mass is 216 g/mol. The molecule has 3 rings (SSSR count). The molecule has 1 aliphatic rings. The number of nitrogens with zero attached hydrogens (tertiary/aromatic N) is 2. The fourth-order valence-corrected chi connectivity index (χ4v) is 2.07. The van der Waals surface area contributed by atoms with Gasteiger partial charge < -0.3 is 4.74 Å². The first-order valence-electron chi connectivity index (χ1n) is 5.80. The van der Waals surface area contributed by atoms with Gasteiger partial charge in [0.15, 0.2) is 0 Å². The molecule has 0 bridgehead atoms. The van der Waals surface area contributed by atoms with E-state index in [1.54, 1.807) is 0 Å². The second-order valence-corrected chi connectivity index (χ2v) is 4.75. The van der Waals surface area contributed by atoms with Gasteiger partial charge in [-0.1, -0.05) is 26.0 Å². The summed E-state index contributed by atoms with van der Waals surface area (Å²) in [5.41, 5.74) is 2.61. The minimum Gasteiger partial charge on any atom is -0.377 e. The number of hydrogen-bond acceptors (Lipinski definition) is 2. The van der Waals surface area contributed by atoms with E-state index in [9.17, 15) is 0 Å². The first-order chi connectivity index (χ1) is 7.75. The van der Waals surface area contributed by atoms with E-state index in [0.29, 0.717) is 12.0 Å². The highest BCUT2D eigenvalue weighted by Crippen LogP contribution is 2.25. The molecule has 0 aliphatic carbocycles. The van der Waals surface area contributed by atoms with Crippen molar-refractivity contribution in [3.63, 3.8) is 0 Å². The van der Waals surface area contributed by atoms with Crippen molar-refractivity contribution in [3.8, 4) is 0 Å². The van der Waals surface area contributed by atoms with Gasteiger partial charge in [-0.25, -0.2) is 0 Å². The topological polar surface area (TPSA) is 27.1 Å². The third kappa shape index (κ3) is 1.43. The standard InChI is InChI=1S/C13H16N2O/c1-9(2)10-3-4-11-6-14-15(13(11)5-10)12-7-16-8-12/h3-6,9,12H,7-8H2,1-2H3. The summed E-state index contributed by atoms with van der Waals surface area (Å²) in [5.74, 6) is 0.561. The SMILES string of the molecule is CC(C)c1ccc2cnn(C3COC3)c2c1. The van der Waals surface area contributed by atoms with Crippen LogP contribution in [0.4, 0.5) is 0 Å². The van der Waals surface area contributed by atoms with Crippen LogP contribution in [-0.2, 0) is 4.74 Å². The lowest BCUT2D eigenvalue weighted by Gasteiger charge is -2.26. The fourth-order valence-electron chi connectivity index (χ4n) is 2.07. The molecule has 1 aliphatic heterocycles. The maximum atomic E-state index is 5.22. The summed E-state index contributed by atoms with van der Waals surface area (Å²) in [4.78, 5) is 0. The van der Waals surface area contributed by atoms with Gasteiger partial charge in [-0.3, -0.25) is 4.68 Å². The van der Waals surface area contributed by atoms with Crippen LogP contribution in [0.5, 0.6) is 0 Å². The molecule has 1 aromatic heterocycles. The van der Waals surface area contributed by atoms with E-state index < -0.39 is 0 Å². The van der Waals surface area contributed by atoms with Crippen LogP contribution in [0.3, 0.4) is 0 Å². The van der Waals surface area contributed by atoms with Crippen LogP contribution in [0.1, 0.15) is 31.4 Å². The molecule has 1 saturated heterocycles. The van der Waals surface area contributed by atoms with E-state index in [1.165, 1.54) is 16.5 Å². The summed E-state index contributed by atoms with van der Waals surface area (Å²) in [5, 5.41) is 5.67. The van der Waals surface area contributed by atoms with Crippen molar-refractivity contribution in [3.05, 3.63) is 30.0 Å². The predicted octanol–water partition coefficient (Wildman–Crippen LogP) is 2.73. The van der Waals surface area contributed by atoms with Crippen molar-refractivity contribution in [2.45, 2.75) is 25.8 Å². The summed E-state index contributed by atoms with van der Waals surface area (Å²) >= 11 is 0. The summed E-state index contributed by atoms with van der Waals surface area (Å²) in [7, 11) is 0. The maximum Gasteiger partial charge on any atom is 0.0992 e. The van der Waals surface area contributed by atoms with E-state index in [0.717, 1.165) is 13.2 Å². The van der Waals surface area contributed by atoms with Crippen molar-refractivity contribution in [1.29, 1.82) is 0 Å². The maximum absolute atomic E-state index is 5.22. The lowest BCUT2D eigenvalue weighted by molar-refractivity contribution is -0.0266. The molecule has 0 atom stereocenters. The van der Waals surface area contributed by atoms with Crippen LogP contribution in [0.2, 0.25) is 0 Å². The normalized spacial score (nSPS) is 16.9. The predicted molar refractivity (Wildman–Crippen MR) is 63.7 cm³/mol. The van der Waals surface area contributed by atoms with Gasteiger partial charge in [-0.2, -0.15) is 5.10 Å². The third-order valence-corrected chi connectivity index (χ3v) is 3.26. The van der Waals surface area contributed by atoms with E-state index in [4.69, 9.17) is 4.74 Å². The Kier molecular flexibility index (Phi) is 2.21. The first kappa shape index (κ1) is 9.85. The number of rotatable bonds is 2. The zero-order valence-corrected chi connectivity index (χ0v) is 9.68. The van der Waals surface area contributed by atoms with Crippen molar-refractivity contribution in [2.75, 3.05) is 13.2 Å². The van der Waals surface area contributed by atoms with E-state index >= 15 is 0 Å². The number of hydrogen-bond donors (Lipinski definition) is 0. The van der Waals surface area contributed by atoms with Gasteiger partial charge >= 0.3 is 0 Å². The molecule has 0 unspecified atom stereocenters. The van der Waals surface area contributed by atoms with Crippen LogP contribution in [-0.4, -0.2) is 23.0 Å². The lowest BCUT2D eigenvalue weighted by atomic mass is 10.0. The number of benzene rings is 1. The molecule has 16 heavy (non-hydrogen) atoms. The average molecular weight is 216 g/mol. The van der Waals surface area contributed by atoms with Crippen LogP contribution in [0.25, 0.3) is 10.9 Å². The van der Waals surface area contributed by atoms with Crippen molar-refractivity contribution >= 4 is 10.9 Å². The zero-order chi connectivity index (χ0) is 11.1. The molecule has 0 radical (unpaired) electrons. The molecule has 1 aromatic carbocycles. The summed E-state index contributed by atoms with van der Waals surface area (Å²) in [6.45, 7) is 6.02. The van der Waals surface area contributed by atoms with Gasteiger partial charge in [-0.15, -0.1) is 0 Å². The Hall–Kier alpha value is -1.35. The molecular weight excluding hydrogens is 200 g/mol. The minimum absolute atomic E-state index is 0.430. The highest BCUT2D eigenvalue weighted by Gasteiger charge is 2.22. The second kappa shape index (κ2) is 3.59. The number of ether oxygens (including phenoxy) is 1. The molecule has 84 valence electrons. The molecule has 3 heteroatoms. The Morgan fingerprint density at radius 3 is 2.81 bits per heavy atom. The molecule has 0 amide bonds. The quantitative estimate of drug-likeness (QED) is 0.771. The summed E-state index contributed by atoms with van der Waals surface area (Å²) in [6, 6.07) is 7.04. The summed E-state index contributed by atoms with van der Waals surface area (Å²) in [6.07, 6.45) is 1.94. The van der Waals surface area contributed by atoms with Crippen LogP contribution in [0.15, 0.2) is 24.4 Å². The van der Waals surface area contributed by atoms with Gasteiger partial charge in [0.25, 0.3) is 0 Å². The molecular formula is C13H16N2O. The Morgan fingerprint density at radius 1 is 1.38 bits per heavy atom. The van der Waals surface area contributed by atoms with E-state index in [-0.39, 0.29) is 0 Å². The van der Waals surface area contributed by atoms with Crippen LogP contribution < -0.4 is 0 Å².